The highest BCUT2D eigenvalue weighted by Gasteiger charge is 2.25. The maximum absolute atomic E-state index is 13.5. The van der Waals surface area contributed by atoms with Crippen LogP contribution in [0.4, 0.5) is 35.0 Å². The van der Waals surface area contributed by atoms with Crippen LogP contribution in [0.25, 0.3) is 60.9 Å². The van der Waals surface area contributed by atoms with Crippen LogP contribution in [0.2, 0.25) is 15.1 Å². The van der Waals surface area contributed by atoms with Crippen LogP contribution in [-0.2, 0) is 0 Å². The molecule has 91 heavy (non-hydrogen) atoms. The van der Waals surface area contributed by atoms with Crippen molar-refractivity contribution in [2.75, 3.05) is 33.2 Å². The van der Waals surface area contributed by atoms with Gasteiger partial charge in [-0.2, -0.15) is 20.5 Å². The fourth-order valence-electron chi connectivity index (χ4n) is 9.98. The van der Waals surface area contributed by atoms with E-state index in [9.17, 15) is 24.9 Å². The maximum atomic E-state index is 13.5. The van der Waals surface area contributed by atoms with Crippen LogP contribution in [0, 0.1) is 22.7 Å². The number of halogens is 3. The molecule has 0 saturated heterocycles. The molecule has 7 heterocycles. The standard InChI is InChI=1S/C21H17ClN8O.2C21H16ClN7O/c1-11(26-18-13(10-23)17(24)28-21(25)29-18)19-27-15-9-5-8-14(22)16(15)20(31)30(19)12-6-3-2-4-7-12;1-12(27-19-17-18(24-10-23-17)25-11-26-19)20-28-15-9-5-8-14(22)16(15)21(30)29(20)13-6-3-2-4-7-13;1-12(27-19-14(10-23)18(24)25-11-26-19)20-28-16-9-5-8-15(22)17(16)21(30)29(20)13-6-3-2-4-7-13/h2-9,11H,1H3,(H5,24,25,26,28,29);2-12H,1H3,(H2,23,24,25,26,27);2-9,11-12H,1H3,(H3,24,25,26,27)/t11-;2*12-/m000/s1. The molecule has 25 nitrogen and oxygen atoms in total. The largest absolute Gasteiger partial charge is 0.382 e. The van der Waals surface area contributed by atoms with Gasteiger partial charge in [0, 0.05) is 0 Å². The predicted molar refractivity (Wildman–Crippen MR) is 352 cm³/mol. The molecule has 0 amide bonds. The Morgan fingerprint density at radius 3 is 1.26 bits per heavy atom. The van der Waals surface area contributed by atoms with Crippen molar-refractivity contribution in [1.82, 2.24) is 68.5 Å². The van der Waals surface area contributed by atoms with Gasteiger partial charge in [0.05, 0.1) is 89.3 Å². The zero-order valence-electron chi connectivity index (χ0n) is 48.1. The summed E-state index contributed by atoms with van der Waals surface area (Å²) in [5.74, 6) is 2.30. The number of fused-ring (bicyclic) bond motifs is 4. The molecule has 0 spiro atoms. The molecule has 0 unspecified atom stereocenters. The number of nitrogens with zero attached hydrogens (tertiary/aromatic N) is 15. The van der Waals surface area contributed by atoms with Gasteiger partial charge in [0.2, 0.25) is 5.95 Å². The average Bonchev–Trinajstić information content (AvgIpc) is 1.37. The van der Waals surface area contributed by atoms with Gasteiger partial charge in [0.1, 0.15) is 76.4 Å². The van der Waals surface area contributed by atoms with Crippen LogP contribution in [0.3, 0.4) is 0 Å². The Kier molecular flexibility index (Phi) is 17.5. The normalized spacial score (nSPS) is 12.0. The van der Waals surface area contributed by atoms with Gasteiger partial charge in [-0.3, -0.25) is 28.1 Å². The number of nitrogens with two attached hydrogens (primary N) is 3. The van der Waals surface area contributed by atoms with Crippen molar-refractivity contribution in [3.8, 4) is 29.2 Å². The number of rotatable bonds is 12. The van der Waals surface area contributed by atoms with Gasteiger partial charge < -0.3 is 38.1 Å². The zero-order chi connectivity index (χ0) is 64.0. The number of para-hydroxylation sites is 3. The third-order valence-corrected chi connectivity index (χ3v) is 15.1. The lowest BCUT2D eigenvalue weighted by atomic mass is 10.2. The fourth-order valence-corrected chi connectivity index (χ4v) is 10.7. The first-order valence-corrected chi connectivity index (χ1v) is 28.8. The SMILES string of the molecule is C[C@H](Nc1nc(N)nc(N)c1C#N)c1nc2cccc(Cl)c2c(=O)n1-c1ccccc1.C[C@H](Nc1ncnc(N)c1C#N)c1nc2cccc(Cl)c2c(=O)n1-c1ccccc1.C[C@H](Nc1ncnc2nc[nH]c12)c1nc2cccc(Cl)c2c(=O)n1-c1ccccc1. The monoisotopic (exact) mass is 1270 g/mol. The second-order valence-corrected chi connectivity index (χ2v) is 21.3. The Labute approximate surface area is 530 Å². The number of anilines is 6. The van der Waals surface area contributed by atoms with Crippen molar-refractivity contribution < 1.29 is 0 Å². The molecule has 0 aliphatic carbocycles. The second-order valence-electron chi connectivity index (χ2n) is 20.1. The van der Waals surface area contributed by atoms with Gasteiger partial charge >= 0.3 is 0 Å². The first kappa shape index (κ1) is 60.8. The number of nitriles is 2. The van der Waals surface area contributed by atoms with E-state index in [-0.39, 0.29) is 63.1 Å². The lowest BCUT2D eigenvalue weighted by molar-refractivity contribution is 0.730. The van der Waals surface area contributed by atoms with Gasteiger partial charge in [0.25, 0.3) is 16.7 Å². The highest BCUT2D eigenvalue weighted by molar-refractivity contribution is 6.36. The first-order valence-electron chi connectivity index (χ1n) is 27.6. The van der Waals surface area contributed by atoms with E-state index in [1.165, 1.54) is 21.8 Å². The molecule has 7 aromatic heterocycles. The number of H-pyrrole nitrogens is 1. The van der Waals surface area contributed by atoms with E-state index in [2.05, 4.69) is 55.8 Å². The molecule has 13 rings (SSSR count). The van der Waals surface area contributed by atoms with Crippen molar-refractivity contribution in [2.45, 2.75) is 38.9 Å². The Hall–Kier alpha value is -11.9. The van der Waals surface area contributed by atoms with Gasteiger partial charge in [-0.15, -0.1) is 0 Å². The van der Waals surface area contributed by atoms with E-state index in [4.69, 9.17) is 67.0 Å². The molecule has 0 aliphatic rings. The van der Waals surface area contributed by atoms with Crippen molar-refractivity contribution in [3.05, 3.63) is 239 Å². The Morgan fingerprint density at radius 2 is 0.835 bits per heavy atom. The summed E-state index contributed by atoms with van der Waals surface area (Å²) in [6, 6.07) is 45.6. The number of nitrogens with one attached hydrogen (secondary N) is 4. The highest BCUT2D eigenvalue weighted by atomic mass is 35.5. The highest BCUT2D eigenvalue weighted by Crippen LogP contribution is 2.30. The van der Waals surface area contributed by atoms with Gasteiger partial charge in [-0.05, 0) is 93.6 Å². The third-order valence-electron chi connectivity index (χ3n) is 14.2. The Balaban J connectivity index is 0.000000140. The minimum atomic E-state index is -0.558. The Morgan fingerprint density at radius 1 is 0.451 bits per heavy atom. The molecule has 28 heteroatoms. The summed E-state index contributed by atoms with van der Waals surface area (Å²) in [7, 11) is 0. The Bertz CT molecular complexity index is 5190. The lowest BCUT2D eigenvalue weighted by Gasteiger charge is -2.21. The van der Waals surface area contributed by atoms with E-state index in [1.54, 1.807) is 84.5 Å². The summed E-state index contributed by atoms with van der Waals surface area (Å²) in [6.45, 7) is 5.52. The van der Waals surface area contributed by atoms with Gasteiger partial charge in [-0.1, -0.05) is 108 Å². The number of hydrogen-bond acceptors (Lipinski definition) is 21. The first-order chi connectivity index (χ1) is 44.0. The second kappa shape index (κ2) is 26.2. The van der Waals surface area contributed by atoms with E-state index < -0.39 is 12.1 Å². The number of imidazole rings is 1. The molecule has 0 bridgehead atoms. The van der Waals surface area contributed by atoms with Gasteiger partial charge in [-0.25, -0.2) is 39.9 Å². The molecular weight excluding hydrogens is 1220 g/mol. The van der Waals surface area contributed by atoms with E-state index in [0.717, 1.165) is 0 Å². The number of aromatic nitrogens is 14. The molecule has 10 N–H and O–H groups in total. The minimum Gasteiger partial charge on any atom is -0.382 e. The molecular formula is C63H49Cl3N22O3. The molecule has 3 atom stereocenters. The van der Waals surface area contributed by atoms with E-state index in [0.29, 0.717) is 99.3 Å². The molecule has 13 aromatic rings. The van der Waals surface area contributed by atoms with Crippen molar-refractivity contribution >= 4 is 114 Å². The molecule has 450 valence electrons. The number of aromatic amines is 1. The van der Waals surface area contributed by atoms with Crippen LogP contribution in [-0.4, -0.2) is 68.5 Å². The fraction of sp³-hybridized carbons (Fsp3) is 0.0952. The zero-order valence-corrected chi connectivity index (χ0v) is 50.4. The van der Waals surface area contributed by atoms with Crippen molar-refractivity contribution in [2.24, 2.45) is 0 Å². The summed E-state index contributed by atoms with van der Waals surface area (Å²) < 4.78 is 4.56. The molecule has 0 saturated carbocycles. The molecule has 6 aromatic carbocycles. The topological polar surface area (TPSA) is 372 Å². The maximum Gasteiger partial charge on any atom is 0.267 e. The van der Waals surface area contributed by atoms with E-state index in [1.807, 2.05) is 105 Å². The van der Waals surface area contributed by atoms with Crippen LogP contribution in [0.5, 0.6) is 0 Å². The summed E-state index contributed by atoms with van der Waals surface area (Å²) in [4.78, 5) is 86.0. The van der Waals surface area contributed by atoms with Crippen molar-refractivity contribution in [3.63, 3.8) is 0 Å². The number of hydrogen-bond donors (Lipinski definition) is 7. The summed E-state index contributed by atoms with van der Waals surface area (Å²) in [5, 5.41) is 30.4. The predicted octanol–water partition coefficient (Wildman–Crippen LogP) is 10.4. The van der Waals surface area contributed by atoms with Crippen LogP contribution in [0.1, 0.15) is 67.5 Å². The molecule has 0 aliphatic heterocycles. The summed E-state index contributed by atoms with van der Waals surface area (Å²) in [6.07, 6.45) is 4.27. The van der Waals surface area contributed by atoms with Crippen LogP contribution < -0.4 is 49.8 Å². The van der Waals surface area contributed by atoms with E-state index >= 15 is 0 Å². The molecule has 0 radical (unpaired) electrons. The molecule has 0 fully saturated rings. The average molecular weight is 1270 g/mol. The van der Waals surface area contributed by atoms with Gasteiger partial charge in [0.15, 0.2) is 17.3 Å². The lowest BCUT2D eigenvalue weighted by Crippen LogP contribution is -2.28. The smallest absolute Gasteiger partial charge is 0.267 e. The van der Waals surface area contributed by atoms with Crippen LogP contribution >= 0.6 is 34.8 Å². The summed E-state index contributed by atoms with van der Waals surface area (Å²) >= 11 is 19.0. The quantitative estimate of drug-likeness (QED) is 0.0597. The third kappa shape index (κ3) is 12.3. The van der Waals surface area contributed by atoms with Crippen LogP contribution in [0.15, 0.2) is 179 Å². The number of nitrogen functional groups attached to an aromatic ring is 3. The minimum absolute atomic E-state index is 0.0385. The number of benzene rings is 6. The summed E-state index contributed by atoms with van der Waals surface area (Å²) in [5.41, 5.74) is 21.3. The van der Waals surface area contributed by atoms with Crippen molar-refractivity contribution in [1.29, 1.82) is 10.5 Å².